The van der Waals surface area contributed by atoms with Crippen molar-refractivity contribution in [3.05, 3.63) is 72.1 Å². The summed E-state index contributed by atoms with van der Waals surface area (Å²) in [6.07, 6.45) is 6.18. The lowest BCUT2D eigenvalue weighted by Crippen LogP contribution is -2.15. The van der Waals surface area contributed by atoms with Crippen LogP contribution in [0.5, 0.6) is 0 Å². The van der Waals surface area contributed by atoms with Crippen molar-refractivity contribution in [2.45, 2.75) is 30.8 Å². The Morgan fingerprint density at radius 2 is 1.87 bits per heavy atom. The third-order valence-electron chi connectivity index (χ3n) is 5.71. The number of fused-ring (bicyclic) bond motifs is 1. The van der Waals surface area contributed by atoms with Crippen LogP contribution in [0.3, 0.4) is 0 Å². The molecule has 0 saturated carbocycles. The summed E-state index contributed by atoms with van der Waals surface area (Å²) in [4.78, 5) is 4.75. The zero-order valence-corrected chi connectivity index (χ0v) is 18.0. The van der Waals surface area contributed by atoms with Crippen LogP contribution in [0, 0.1) is 6.92 Å². The SMILES string of the molecule is Cc1ccc(S(=O)(=O)n2c(-c3ccnn3C)cc3cc(C4=CC(O)CC4)cnc32)cc1. The first kappa shape index (κ1) is 19.7. The van der Waals surface area contributed by atoms with Gasteiger partial charge in [0.2, 0.25) is 0 Å². The van der Waals surface area contributed by atoms with Gasteiger partial charge in [-0.15, -0.1) is 0 Å². The van der Waals surface area contributed by atoms with Gasteiger partial charge < -0.3 is 5.11 Å². The summed E-state index contributed by atoms with van der Waals surface area (Å²) in [6.45, 7) is 1.92. The molecule has 0 saturated heterocycles. The third kappa shape index (κ3) is 3.28. The normalized spacial score (nSPS) is 16.7. The van der Waals surface area contributed by atoms with Crippen molar-refractivity contribution >= 4 is 26.6 Å². The molecule has 0 amide bonds. The number of aromatic nitrogens is 4. The topological polar surface area (TPSA) is 90.0 Å². The fraction of sp³-hybridized carbons (Fsp3) is 0.217. The van der Waals surface area contributed by atoms with Gasteiger partial charge in [0.25, 0.3) is 10.0 Å². The highest BCUT2D eigenvalue weighted by atomic mass is 32.2. The minimum atomic E-state index is -3.89. The molecular weight excluding hydrogens is 412 g/mol. The molecule has 31 heavy (non-hydrogen) atoms. The van der Waals surface area contributed by atoms with E-state index < -0.39 is 16.1 Å². The van der Waals surface area contributed by atoms with Crippen molar-refractivity contribution in [2.24, 2.45) is 7.05 Å². The van der Waals surface area contributed by atoms with Crippen LogP contribution in [-0.2, 0) is 17.1 Å². The van der Waals surface area contributed by atoms with Gasteiger partial charge >= 0.3 is 0 Å². The molecule has 158 valence electrons. The van der Waals surface area contributed by atoms with E-state index in [0.29, 0.717) is 28.8 Å². The van der Waals surface area contributed by atoms with Crippen LogP contribution in [0.15, 0.2) is 65.8 Å². The summed E-state index contributed by atoms with van der Waals surface area (Å²) in [7, 11) is -2.12. The highest BCUT2D eigenvalue weighted by molar-refractivity contribution is 7.90. The molecule has 3 aromatic heterocycles. The fourth-order valence-corrected chi connectivity index (χ4v) is 5.53. The Labute approximate surface area is 180 Å². The largest absolute Gasteiger partial charge is 0.389 e. The molecular formula is C23H22N4O3S. The Balaban J connectivity index is 1.76. The molecule has 1 aliphatic carbocycles. The zero-order valence-electron chi connectivity index (χ0n) is 17.2. The maximum absolute atomic E-state index is 13.7. The molecule has 0 aliphatic heterocycles. The minimum Gasteiger partial charge on any atom is -0.389 e. The average molecular weight is 435 g/mol. The summed E-state index contributed by atoms with van der Waals surface area (Å²) in [5, 5.41) is 14.8. The number of hydrogen-bond acceptors (Lipinski definition) is 5. The maximum atomic E-state index is 13.7. The quantitative estimate of drug-likeness (QED) is 0.531. The van der Waals surface area contributed by atoms with Crippen LogP contribution < -0.4 is 0 Å². The highest BCUT2D eigenvalue weighted by Crippen LogP contribution is 2.34. The van der Waals surface area contributed by atoms with E-state index in [1.807, 2.05) is 25.1 Å². The molecule has 1 aromatic carbocycles. The zero-order chi connectivity index (χ0) is 21.8. The number of aryl methyl sites for hydroxylation is 2. The van der Waals surface area contributed by atoms with Crippen LogP contribution in [-0.4, -0.2) is 38.4 Å². The van der Waals surface area contributed by atoms with Gasteiger partial charge in [0.15, 0.2) is 5.65 Å². The smallest absolute Gasteiger partial charge is 0.269 e. The van der Waals surface area contributed by atoms with Crippen LogP contribution in [0.25, 0.3) is 28.0 Å². The van der Waals surface area contributed by atoms with Crippen molar-refractivity contribution in [3.8, 4) is 11.4 Å². The molecule has 0 spiro atoms. The van der Waals surface area contributed by atoms with Crippen molar-refractivity contribution in [1.82, 2.24) is 18.7 Å². The average Bonchev–Trinajstić information content (AvgIpc) is 3.45. The van der Waals surface area contributed by atoms with Crippen molar-refractivity contribution in [1.29, 1.82) is 0 Å². The number of allylic oxidation sites excluding steroid dienone is 1. The first-order valence-corrected chi connectivity index (χ1v) is 11.5. The molecule has 7 nitrogen and oxygen atoms in total. The molecule has 5 rings (SSSR count). The van der Waals surface area contributed by atoms with E-state index in [1.54, 1.807) is 54.5 Å². The first-order valence-electron chi connectivity index (χ1n) is 10.1. The van der Waals surface area contributed by atoms with Crippen molar-refractivity contribution < 1.29 is 13.5 Å². The Morgan fingerprint density at radius 1 is 1.10 bits per heavy atom. The van der Waals surface area contributed by atoms with Gasteiger partial charge in [-0.1, -0.05) is 23.8 Å². The van der Waals surface area contributed by atoms with E-state index in [1.165, 1.54) is 3.97 Å². The van der Waals surface area contributed by atoms with Crippen LogP contribution in [0.2, 0.25) is 0 Å². The Kier molecular flexibility index (Phi) is 4.56. The minimum absolute atomic E-state index is 0.200. The first-order chi connectivity index (χ1) is 14.8. The molecule has 0 radical (unpaired) electrons. The number of aliphatic hydroxyl groups is 1. The summed E-state index contributed by atoms with van der Waals surface area (Å²) >= 11 is 0. The molecule has 3 heterocycles. The Bertz CT molecular complexity index is 1430. The van der Waals surface area contributed by atoms with E-state index in [4.69, 9.17) is 0 Å². The second-order valence-electron chi connectivity index (χ2n) is 7.89. The standard InChI is InChI=1S/C23H22N4O3S/c1-15-3-7-20(8-4-15)31(29,30)27-22(21-9-10-25-26(21)2)13-17-11-18(14-24-23(17)27)16-5-6-19(28)12-16/h3-4,7-14,19,28H,5-6H2,1-2H3. The predicted octanol–water partition coefficient (Wildman–Crippen LogP) is 3.52. The van der Waals surface area contributed by atoms with Gasteiger partial charge in [-0.3, -0.25) is 4.68 Å². The monoisotopic (exact) mass is 434 g/mol. The van der Waals surface area contributed by atoms with Crippen LogP contribution >= 0.6 is 0 Å². The van der Waals surface area contributed by atoms with E-state index in [-0.39, 0.29) is 4.90 Å². The maximum Gasteiger partial charge on any atom is 0.269 e. The molecule has 8 heteroatoms. The van der Waals surface area contributed by atoms with Gasteiger partial charge in [-0.05, 0) is 61.2 Å². The van der Waals surface area contributed by atoms with Gasteiger partial charge in [-0.2, -0.15) is 5.10 Å². The summed E-state index contributed by atoms with van der Waals surface area (Å²) in [5.41, 5.74) is 4.44. The third-order valence-corrected chi connectivity index (χ3v) is 7.43. The summed E-state index contributed by atoms with van der Waals surface area (Å²) in [5.74, 6) is 0. The Morgan fingerprint density at radius 3 is 2.52 bits per heavy atom. The number of pyridine rings is 1. The summed E-state index contributed by atoms with van der Waals surface area (Å²) < 4.78 is 30.3. The molecule has 0 bridgehead atoms. The predicted molar refractivity (Wildman–Crippen MR) is 119 cm³/mol. The van der Waals surface area contributed by atoms with E-state index in [9.17, 15) is 13.5 Å². The van der Waals surface area contributed by atoms with Gasteiger partial charge in [0.05, 0.1) is 22.4 Å². The molecule has 1 aliphatic rings. The lowest BCUT2D eigenvalue weighted by atomic mass is 10.1. The van der Waals surface area contributed by atoms with Gasteiger partial charge in [-0.25, -0.2) is 17.4 Å². The second kappa shape index (κ2) is 7.18. The molecule has 0 fully saturated rings. The van der Waals surface area contributed by atoms with Gasteiger partial charge in [0.1, 0.15) is 0 Å². The van der Waals surface area contributed by atoms with Gasteiger partial charge in [0, 0.05) is 24.8 Å². The number of aliphatic hydroxyl groups excluding tert-OH is 1. The van der Waals surface area contributed by atoms with E-state index >= 15 is 0 Å². The molecule has 4 aromatic rings. The van der Waals surface area contributed by atoms with Crippen LogP contribution in [0.4, 0.5) is 0 Å². The number of hydrogen-bond donors (Lipinski definition) is 1. The molecule has 1 atom stereocenters. The van der Waals surface area contributed by atoms with E-state index in [2.05, 4.69) is 10.1 Å². The van der Waals surface area contributed by atoms with Crippen molar-refractivity contribution in [3.63, 3.8) is 0 Å². The fourth-order valence-electron chi connectivity index (χ4n) is 4.05. The number of nitrogens with zero attached hydrogens (tertiary/aromatic N) is 4. The van der Waals surface area contributed by atoms with Crippen LogP contribution in [0.1, 0.15) is 24.0 Å². The second-order valence-corrected chi connectivity index (χ2v) is 9.67. The lowest BCUT2D eigenvalue weighted by Gasteiger charge is -2.12. The van der Waals surface area contributed by atoms with E-state index in [0.717, 1.165) is 23.1 Å². The van der Waals surface area contributed by atoms with Crippen molar-refractivity contribution in [2.75, 3.05) is 0 Å². The Hall–Kier alpha value is -3.23. The lowest BCUT2D eigenvalue weighted by molar-refractivity contribution is 0.223. The number of benzene rings is 1. The molecule has 1 N–H and O–H groups in total. The number of rotatable bonds is 4. The highest BCUT2D eigenvalue weighted by Gasteiger charge is 2.26. The summed E-state index contributed by atoms with van der Waals surface area (Å²) in [6, 6.07) is 12.3. The molecule has 1 unspecified atom stereocenters.